The van der Waals surface area contributed by atoms with Crippen LogP contribution >= 0.6 is 0 Å². The summed E-state index contributed by atoms with van der Waals surface area (Å²) >= 11 is 0. The minimum atomic E-state index is -2.98. The van der Waals surface area contributed by atoms with Gasteiger partial charge < -0.3 is 5.73 Å². The number of hydrogen-bond donors (Lipinski definition) is 1. The van der Waals surface area contributed by atoms with Crippen LogP contribution in [-0.4, -0.2) is 26.5 Å². The average molecular weight is 217 g/mol. The zero-order valence-electron chi connectivity index (χ0n) is 9.29. The van der Waals surface area contributed by atoms with E-state index in [1.165, 1.54) is 6.26 Å². The molecule has 1 unspecified atom stereocenters. The van der Waals surface area contributed by atoms with E-state index in [1.807, 2.05) is 20.8 Å². The van der Waals surface area contributed by atoms with Crippen LogP contribution in [0.25, 0.3) is 0 Å². The fourth-order valence-electron chi connectivity index (χ4n) is 0.895. The van der Waals surface area contributed by atoms with E-state index >= 15 is 0 Å². The molecule has 0 saturated heterocycles. The molecule has 3 nitrogen and oxygen atoms in total. The quantitative estimate of drug-likeness (QED) is 0.711. The molecule has 0 aromatic heterocycles. The van der Waals surface area contributed by atoms with Crippen LogP contribution < -0.4 is 5.73 Å². The molecule has 4 heteroatoms. The second kappa shape index (κ2) is 4.81. The van der Waals surface area contributed by atoms with Gasteiger partial charge in [0.15, 0.2) is 0 Å². The molecular formula is C10H19NO2S. The molecule has 0 radical (unpaired) electrons. The molecule has 82 valence electrons. The summed E-state index contributed by atoms with van der Waals surface area (Å²) in [4.78, 5) is 0. The highest BCUT2D eigenvalue weighted by Gasteiger charge is 2.09. The fourth-order valence-corrected chi connectivity index (χ4v) is 1.79. The van der Waals surface area contributed by atoms with Gasteiger partial charge in [-0.2, -0.15) is 0 Å². The predicted molar refractivity (Wildman–Crippen MR) is 59.5 cm³/mol. The number of hydrogen-bond acceptors (Lipinski definition) is 3. The number of rotatable bonds is 3. The van der Waals surface area contributed by atoms with Gasteiger partial charge in [-0.3, -0.25) is 0 Å². The van der Waals surface area contributed by atoms with E-state index in [0.717, 1.165) is 0 Å². The molecule has 0 fully saturated rings. The molecule has 0 rings (SSSR count). The SMILES string of the molecule is CC(C)(C)C#CCC(N)CS(C)(=O)=O. The molecule has 0 aliphatic heterocycles. The van der Waals surface area contributed by atoms with E-state index in [0.29, 0.717) is 6.42 Å². The standard InChI is InChI=1S/C10H19NO2S/c1-10(2,3)7-5-6-9(11)8-14(4,12)13/h9H,6,8,11H2,1-4H3. The summed E-state index contributed by atoms with van der Waals surface area (Å²) in [6, 6.07) is -0.375. The maximum atomic E-state index is 10.9. The van der Waals surface area contributed by atoms with Crippen LogP contribution in [-0.2, 0) is 9.84 Å². The minimum Gasteiger partial charge on any atom is -0.326 e. The maximum Gasteiger partial charge on any atom is 0.149 e. The summed E-state index contributed by atoms with van der Waals surface area (Å²) in [6.07, 6.45) is 1.62. The molecule has 14 heavy (non-hydrogen) atoms. The molecular weight excluding hydrogens is 198 g/mol. The first-order chi connectivity index (χ1) is 6.10. The molecule has 0 amide bonds. The van der Waals surface area contributed by atoms with E-state index in [9.17, 15) is 8.42 Å². The van der Waals surface area contributed by atoms with Gasteiger partial charge in [0, 0.05) is 24.1 Å². The van der Waals surface area contributed by atoms with Crippen LogP contribution in [0.1, 0.15) is 27.2 Å². The smallest absolute Gasteiger partial charge is 0.149 e. The lowest BCUT2D eigenvalue weighted by Gasteiger charge is -2.08. The third kappa shape index (κ3) is 9.56. The molecule has 0 saturated carbocycles. The normalized spacial score (nSPS) is 14.4. The highest BCUT2D eigenvalue weighted by Crippen LogP contribution is 2.10. The van der Waals surface area contributed by atoms with Crippen LogP contribution in [0.3, 0.4) is 0 Å². The van der Waals surface area contributed by atoms with Crippen LogP contribution in [0, 0.1) is 17.3 Å². The van der Waals surface area contributed by atoms with Crippen molar-refractivity contribution in [1.29, 1.82) is 0 Å². The summed E-state index contributed by atoms with van der Waals surface area (Å²) < 4.78 is 21.7. The Morgan fingerprint density at radius 2 is 1.86 bits per heavy atom. The van der Waals surface area contributed by atoms with E-state index in [2.05, 4.69) is 11.8 Å². The Labute approximate surface area is 87.0 Å². The molecule has 0 bridgehead atoms. The summed E-state index contributed by atoms with van der Waals surface area (Å²) in [5.41, 5.74) is 5.56. The molecule has 0 aromatic carbocycles. The van der Waals surface area contributed by atoms with Gasteiger partial charge in [0.2, 0.25) is 0 Å². The largest absolute Gasteiger partial charge is 0.326 e. The van der Waals surface area contributed by atoms with E-state index in [-0.39, 0.29) is 17.2 Å². The van der Waals surface area contributed by atoms with E-state index in [4.69, 9.17) is 5.73 Å². The molecule has 0 aliphatic rings. The van der Waals surface area contributed by atoms with Gasteiger partial charge in [-0.1, -0.05) is 5.92 Å². The Morgan fingerprint density at radius 1 is 1.36 bits per heavy atom. The van der Waals surface area contributed by atoms with Crippen molar-refractivity contribution in [2.45, 2.75) is 33.2 Å². The summed E-state index contributed by atoms with van der Waals surface area (Å²) in [5.74, 6) is 5.93. The lowest BCUT2D eigenvalue weighted by atomic mass is 9.98. The monoisotopic (exact) mass is 217 g/mol. The second-order valence-corrected chi connectivity index (χ2v) is 6.79. The number of nitrogens with two attached hydrogens (primary N) is 1. The second-order valence-electron chi connectivity index (χ2n) is 4.61. The van der Waals surface area contributed by atoms with Gasteiger partial charge in [-0.15, -0.1) is 5.92 Å². The first kappa shape index (κ1) is 13.5. The molecule has 1 atom stereocenters. The Balaban J connectivity index is 4.09. The highest BCUT2D eigenvalue weighted by molar-refractivity contribution is 7.90. The van der Waals surface area contributed by atoms with Crippen molar-refractivity contribution >= 4 is 9.84 Å². The van der Waals surface area contributed by atoms with Crippen LogP contribution in [0.4, 0.5) is 0 Å². The molecule has 2 N–H and O–H groups in total. The van der Waals surface area contributed by atoms with Crippen LogP contribution in [0.15, 0.2) is 0 Å². The Hall–Kier alpha value is -0.530. The Kier molecular flexibility index (Phi) is 4.63. The zero-order valence-corrected chi connectivity index (χ0v) is 10.1. The van der Waals surface area contributed by atoms with Gasteiger partial charge in [-0.25, -0.2) is 8.42 Å². The zero-order chi connectivity index (χ0) is 11.4. The first-order valence-electron chi connectivity index (χ1n) is 4.53. The minimum absolute atomic E-state index is 0.00578. The van der Waals surface area contributed by atoms with Crippen molar-refractivity contribution in [3.8, 4) is 11.8 Å². The Morgan fingerprint density at radius 3 is 2.21 bits per heavy atom. The van der Waals surface area contributed by atoms with Crippen LogP contribution in [0.5, 0.6) is 0 Å². The van der Waals surface area contributed by atoms with E-state index < -0.39 is 9.84 Å². The highest BCUT2D eigenvalue weighted by atomic mass is 32.2. The predicted octanol–water partition coefficient (Wildman–Crippen LogP) is 0.798. The summed E-state index contributed by atoms with van der Waals surface area (Å²) in [7, 11) is -2.98. The first-order valence-corrected chi connectivity index (χ1v) is 6.59. The van der Waals surface area contributed by atoms with Crippen molar-refractivity contribution in [1.82, 2.24) is 0 Å². The van der Waals surface area contributed by atoms with Crippen molar-refractivity contribution in [2.24, 2.45) is 11.1 Å². The van der Waals surface area contributed by atoms with Crippen molar-refractivity contribution in [3.63, 3.8) is 0 Å². The van der Waals surface area contributed by atoms with E-state index in [1.54, 1.807) is 0 Å². The van der Waals surface area contributed by atoms with Crippen LogP contribution in [0.2, 0.25) is 0 Å². The summed E-state index contributed by atoms with van der Waals surface area (Å²) in [5, 5.41) is 0. The van der Waals surface area contributed by atoms with Gasteiger partial charge in [-0.05, 0) is 20.8 Å². The lowest BCUT2D eigenvalue weighted by molar-refractivity contribution is 0.569. The molecule has 0 aromatic rings. The number of sulfone groups is 1. The van der Waals surface area contributed by atoms with Gasteiger partial charge in [0.05, 0.1) is 5.75 Å². The van der Waals surface area contributed by atoms with Gasteiger partial charge in [0.25, 0.3) is 0 Å². The van der Waals surface area contributed by atoms with Crippen molar-refractivity contribution < 1.29 is 8.42 Å². The molecule has 0 spiro atoms. The maximum absolute atomic E-state index is 10.9. The van der Waals surface area contributed by atoms with Crippen molar-refractivity contribution in [2.75, 3.05) is 12.0 Å². The van der Waals surface area contributed by atoms with Gasteiger partial charge >= 0.3 is 0 Å². The molecule has 0 aliphatic carbocycles. The third-order valence-electron chi connectivity index (χ3n) is 1.34. The third-order valence-corrected chi connectivity index (χ3v) is 2.38. The Bertz CT molecular complexity index is 327. The molecule has 0 heterocycles. The average Bonchev–Trinajstić information content (AvgIpc) is 1.78. The topological polar surface area (TPSA) is 60.2 Å². The van der Waals surface area contributed by atoms with Crippen molar-refractivity contribution in [3.05, 3.63) is 0 Å². The summed E-state index contributed by atoms with van der Waals surface area (Å²) in [6.45, 7) is 6.01. The van der Waals surface area contributed by atoms with Gasteiger partial charge in [0.1, 0.15) is 9.84 Å². The lowest BCUT2D eigenvalue weighted by Crippen LogP contribution is -2.28. The fraction of sp³-hybridized carbons (Fsp3) is 0.800.